The van der Waals surface area contributed by atoms with Crippen molar-refractivity contribution in [1.82, 2.24) is 4.98 Å². The molecule has 0 saturated carbocycles. The van der Waals surface area contributed by atoms with Gasteiger partial charge in [0.1, 0.15) is 0 Å². The van der Waals surface area contributed by atoms with Gasteiger partial charge in [0.25, 0.3) is 0 Å². The summed E-state index contributed by atoms with van der Waals surface area (Å²) in [6, 6.07) is 4.10. The fraction of sp³-hybridized carbons (Fsp3) is 0.300. The van der Waals surface area contributed by atoms with E-state index in [4.69, 9.17) is 0 Å². The van der Waals surface area contributed by atoms with Crippen LogP contribution in [0.5, 0.6) is 0 Å². The molecule has 1 nitrogen and oxygen atoms in total. The van der Waals surface area contributed by atoms with Crippen molar-refractivity contribution in [2.45, 2.75) is 13.3 Å². The summed E-state index contributed by atoms with van der Waals surface area (Å²) in [5.41, 5.74) is 2.23. The Labute approximate surface area is 81.7 Å². The van der Waals surface area contributed by atoms with E-state index < -0.39 is 0 Å². The quantitative estimate of drug-likeness (QED) is 0.721. The molecule has 0 radical (unpaired) electrons. The summed E-state index contributed by atoms with van der Waals surface area (Å²) >= 11 is 3.37. The maximum Gasteiger partial charge on any atom is 0.0373 e. The van der Waals surface area contributed by atoms with Gasteiger partial charge >= 0.3 is 0 Å². The number of hydrogen-bond donors (Lipinski definition) is 0. The maximum absolute atomic E-state index is 4.19. The predicted molar refractivity (Wildman–Crippen MR) is 56.4 cm³/mol. The topological polar surface area (TPSA) is 12.9 Å². The minimum Gasteiger partial charge on any atom is -0.261 e. The van der Waals surface area contributed by atoms with Gasteiger partial charge in [-0.05, 0) is 25.0 Å². The molecule has 0 saturated heterocycles. The van der Waals surface area contributed by atoms with Crippen LogP contribution in [0.1, 0.15) is 17.7 Å². The smallest absolute Gasteiger partial charge is 0.0373 e. The van der Waals surface area contributed by atoms with Crippen LogP contribution in [0.2, 0.25) is 0 Å². The van der Waals surface area contributed by atoms with Crippen LogP contribution < -0.4 is 0 Å². The monoisotopic (exact) mass is 225 g/mol. The first-order chi connectivity index (χ1) is 5.83. The van der Waals surface area contributed by atoms with Gasteiger partial charge in [-0.3, -0.25) is 4.98 Å². The molecule has 0 unspecified atom stereocenters. The first-order valence-corrected chi connectivity index (χ1v) is 5.10. The average Bonchev–Trinajstić information content (AvgIpc) is 2.09. The summed E-state index contributed by atoms with van der Waals surface area (Å²) in [7, 11) is 0. The average molecular weight is 226 g/mol. The van der Waals surface area contributed by atoms with Crippen LogP contribution in [0.25, 0.3) is 6.08 Å². The van der Waals surface area contributed by atoms with E-state index in [1.807, 2.05) is 19.2 Å². The van der Waals surface area contributed by atoms with Crippen molar-refractivity contribution in [3.63, 3.8) is 0 Å². The van der Waals surface area contributed by atoms with Gasteiger partial charge in [0.15, 0.2) is 0 Å². The summed E-state index contributed by atoms with van der Waals surface area (Å²) in [6.07, 6.45) is 7.18. The zero-order chi connectivity index (χ0) is 8.81. The van der Waals surface area contributed by atoms with Crippen LogP contribution in [0, 0.1) is 6.92 Å². The van der Waals surface area contributed by atoms with E-state index in [-0.39, 0.29) is 0 Å². The van der Waals surface area contributed by atoms with Gasteiger partial charge in [-0.2, -0.15) is 0 Å². The Hall–Kier alpha value is -0.630. The van der Waals surface area contributed by atoms with E-state index in [1.165, 1.54) is 5.56 Å². The molecule has 0 aliphatic heterocycles. The van der Waals surface area contributed by atoms with Crippen molar-refractivity contribution in [1.29, 1.82) is 0 Å². The molecular weight excluding hydrogens is 214 g/mol. The lowest BCUT2D eigenvalue weighted by Gasteiger charge is -1.92. The fourth-order valence-corrected chi connectivity index (χ4v) is 1.12. The van der Waals surface area contributed by atoms with E-state index in [0.717, 1.165) is 17.4 Å². The van der Waals surface area contributed by atoms with Crippen LogP contribution in [0.15, 0.2) is 24.4 Å². The second-order valence-electron chi connectivity index (χ2n) is 2.61. The minimum absolute atomic E-state index is 1.02. The zero-order valence-electron chi connectivity index (χ0n) is 7.13. The van der Waals surface area contributed by atoms with Crippen molar-refractivity contribution in [3.8, 4) is 0 Å². The van der Waals surface area contributed by atoms with Gasteiger partial charge < -0.3 is 0 Å². The molecule has 0 bridgehead atoms. The van der Waals surface area contributed by atoms with Crippen LogP contribution >= 0.6 is 15.9 Å². The molecule has 64 valence electrons. The third-order valence-electron chi connectivity index (χ3n) is 1.52. The van der Waals surface area contributed by atoms with Crippen molar-refractivity contribution in [2.24, 2.45) is 0 Å². The third-order valence-corrected chi connectivity index (χ3v) is 1.98. The van der Waals surface area contributed by atoms with Crippen molar-refractivity contribution in [3.05, 3.63) is 35.7 Å². The maximum atomic E-state index is 4.19. The second kappa shape index (κ2) is 5.09. The Balaban J connectivity index is 2.58. The van der Waals surface area contributed by atoms with E-state index in [9.17, 15) is 0 Å². The van der Waals surface area contributed by atoms with Gasteiger partial charge in [-0.1, -0.05) is 34.1 Å². The number of allylic oxidation sites excluding steroid dienone is 1. The lowest BCUT2D eigenvalue weighted by Crippen LogP contribution is -1.79. The van der Waals surface area contributed by atoms with E-state index in [0.29, 0.717) is 0 Å². The summed E-state index contributed by atoms with van der Waals surface area (Å²) in [4.78, 5) is 4.19. The summed E-state index contributed by atoms with van der Waals surface area (Å²) < 4.78 is 0. The highest BCUT2D eigenvalue weighted by Gasteiger charge is 1.86. The molecule has 2 heteroatoms. The highest BCUT2D eigenvalue weighted by atomic mass is 79.9. The number of aryl methyl sites for hydroxylation is 1. The van der Waals surface area contributed by atoms with Gasteiger partial charge in [-0.15, -0.1) is 0 Å². The molecule has 0 aromatic carbocycles. The summed E-state index contributed by atoms with van der Waals surface area (Å²) in [5.74, 6) is 0. The lowest BCUT2D eigenvalue weighted by molar-refractivity contribution is 1.19. The van der Waals surface area contributed by atoms with Crippen LogP contribution in [-0.4, -0.2) is 10.3 Å². The Kier molecular flexibility index (Phi) is 4.01. The SMILES string of the molecule is Cc1ccc(/C=C/CCBr)cn1. The highest BCUT2D eigenvalue weighted by molar-refractivity contribution is 9.09. The minimum atomic E-state index is 1.02. The molecule has 1 rings (SSSR count). The number of pyridine rings is 1. The first-order valence-electron chi connectivity index (χ1n) is 3.98. The first kappa shape index (κ1) is 9.46. The van der Waals surface area contributed by atoms with E-state index >= 15 is 0 Å². The number of nitrogens with zero attached hydrogens (tertiary/aromatic N) is 1. The third kappa shape index (κ3) is 3.18. The zero-order valence-corrected chi connectivity index (χ0v) is 8.71. The van der Waals surface area contributed by atoms with Crippen LogP contribution in [0.4, 0.5) is 0 Å². The standard InChI is InChI=1S/C10H12BrN/c1-9-5-6-10(8-12-9)4-2-3-7-11/h2,4-6,8H,3,7H2,1H3/b4-2+. The number of halogens is 1. The molecule has 0 spiro atoms. The molecule has 1 heterocycles. The molecule has 0 atom stereocenters. The van der Waals surface area contributed by atoms with Crippen molar-refractivity contribution >= 4 is 22.0 Å². The van der Waals surface area contributed by atoms with Gasteiger partial charge in [0, 0.05) is 17.2 Å². The van der Waals surface area contributed by atoms with Crippen molar-refractivity contribution < 1.29 is 0 Å². The van der Waals surface area contributed by atoms with Gasteiger partial charge in [-0.25, -0.2) is 0 Å². The van der Waals surface area contributed by atoms with Gasteiger partial charge in [0.05, 0.1) is 0 Å². The molecule has 1 aromatic rings. The second-order valence-corrected chi connectivity index (χ2v) is 3.41. The summed E-state index contributed by atoms with van der Waals surface area (Å²) in [6.45, 7) is 1.99. The largest absolute Gasteiger partial charge is 0.261 e. The molecule has 12 heavy (non-hydrogen) atoms. The Morgan fingerprint density at radius 2 is 2.33 bits per heavy atom. The molecule has 0 fully saturated rings. The lowest BCUT2D eigenvalue weighted by atomic mass is 10.2. The molecule has 0 aliphatic rings. The molecule has 0 N–H and O–H groups in total. The normalized spacial score (nSPS) is 10.8. The number of aromatic nitrogens is 1. The van der Waals surface area contributed by atoms with Crippen LogP contribution in [-0.2, 0) is 0 Å². The van der Waals surface area contributed by atoms with E-state index in [2.05, 4.69) is 39.1 Å². The molecule has 1 aromatic heterocycles. The molecule has 0 aliphatic carbocycles. The Morgan fingerprint density at radius 1 is 1.50 bits per heavy atom. The highest BCUT2D eigenvalue weighted by Crippen LogP contribution is 2.02. The van der Waals surface area contributed by atoms with Crippen LogP contribution in [0.3, 0.4) is 0 Å². The van der Waals surface area contributed by atoms with E-state index in [1.54, 1.807) is 0 Å². The number of alkyl halides is 1. The number of hydrogen-bond acceptors (Lipinski definition) is 1. The summed E-state index contributed by atoms with van der Waals surface area (Å²) in [5, 5.41) is 1.02. The molecular formula is C10H12BrN. The van der Waals surface area contributed by atoms with Gasteiger partial charge in [0.2, 0.25) is 0 Å². The fourth-order valence-electron chi connectivity index (χ4n) is 0.860. The Morgan fingerprint density at radius 3 is 2.92 bits per heavy atom. The predicted octanol–water partition coefficient (Wildman–Crippen LogP) is 3.19. The number of rotatable bonds is 3. The van der Waals surface area contributed by atoms with Crippen molar-refractivity contribution in [2.75, 3.05) is 5.33 Å². The molecule has 0 amide bonds. The Bertz CT molecular complexity index is 251.